The van der Waals surface area contributed by atoms with Crippen LogP contribution in [0, 0.1) is 0 Å². The van der Waals surface area contributed by atoms with E-state index in [1.165, 1.54) is 17.1 Å². The van der Waals surface area contributed by atoms with Crippen molar-refractivity contribution < 1.29 is 19.0 Å². The third kappa shape index (κ3) is 5.03. The molecule has 23 heavy (non-hydrogen) atoms. The molecule has 1 fully saturated rings. The fraction of sp³-hybridized carbons (Fsp3) is 0.588. The molecule has 6 heteroatoms. The van der Waals surface area contributed by atoms with Crippen LogP contribution < -0.4 is 4.46 Å². The summed E-state index contributed by atoms with van der Waals surface area (Å²) in [5, 5.41) is 0. The molecular formula is C17H25NO4Se. The predicted octanol–water partition coefficient (Wildman–Crippen LogP) is 1.36. The van der Waals surface area contributed by atoms with Crippen LogP contribution in [0.15, 0.2) is 24.3 Å². The molecule has 0 spiro atoms. The molecule has 0 amide bonds. The van der Waals surface area contributed by atoms with Gasteiger partial charge in [0, 0.05) is 0 Å². The molecule has 0 bridgehead atoms. The van der Waals surface area contributed by atoms with Gasteiger partial charge in [0.15, 0.2) is 0 Å². The van der Waals surface area contributed by atoms with Gasteiger partial charge >= 0.3 is 144 Å². The SMILES string of the molecule is COC(=O)CO[C@H]1OCC[C@@H]1[Se]c1ccccc1[C@H](C)N(C)C. The van der Waals surface area contributed by atoms with Gasteiger partial charge in [0.2, 0.25) is 0 Å². The van der Waals surface area contributed by atoms with Gasteiger partial charge in [-0.2, -0.15) is 0 Å². The zero-order chi connectivity index (χ0) is 16.8. The fourth-order valence-electron chi connectivity index (χ4n) is 2.40. The molecule has 2 rings (SSSR count). The number of benzene rings is 1. The van der Waals surface area contributed by atoms with Gasteiger partial charge in [-0.1, -0.05) is 0 Å². The Kier molecular flexibility index (Phi) is 7.06. The molecule has 3 atom stereocenters. The van der Waals surface area contributed by atoms with E-state index in [1.807, 2.05) is 0 Å². The summed E-state index contributed by atoms with van der Waals surface area (Å²) in [4.78, 5) is 13.8. The van der Waals surface area contributed by atoms with Gasteiger partial charge in [-0.3, -0.25) is 0 Å². The van der Waals surface area contributed by atoms with Gasteiger partial charge in [-0.05, 0) is 0 Å². The van der Waals surface area contributed by atoms with E-state index in [4.69, 9.17) is 9.47 Å². The van der Waals surface area contributed by atoms with Crippen molar-refractivity contribution in [3.8, 4) is 0 Å². The Morgan fingerprint density at radius 3 is 2.87 bits per heavy atom. The minimum absolute atomic E-state index is 0.0521. The maximum absolute atomic E-state index is 11.2. The first-order valence-corrected chi connectivity index (χ1v) is 9.59. The first-order chi connectivity index (χ1) is 11.0. The molecule has 0 unspecified atom stereocenters. The molecule has 1 aliphatic heterocycles. The van der Waals surface area contributed by atoms with Crippen LogP contribution in [-0.2, 0) is 19.0 Å². The van der Waals surface area contributed by atoms with Crippen molar-refractivity contribution >= 4 is 25.4 Å². The monoisotopic (exact) mass is 387 g/mol. The van der Waals surface area contributed by atoms with Gasteiger partial charge in [0.05, 0.1) is 0 Å². The van der Waals surface area contributed by atoms with Crippen LogP contribution in [0.2, 0.25) is 4.82 Å². The van der Waals surface area contributed by atoms with Crippen molar-refractivity contribution in [2.45, 2.75) is 30.5 Å². The normalized spacial score (nSPS) is 22.3. The van der Waals surface area contributed by atoms with E-state index in [1.54, 1.807) is 0 Å². The van der Waals surface area contributed by atoms with Crippen LogP contribution in [0.3, 0.4) is 0 Å². The molecule has 5 nitrogen and oxygen atoms in total. The second-order valence-electron chi connectivity index (χ2n) is 5.75. The van der Waals surface area contributed by atoms with Gasteiger partial charge < -0.3 is 0 Å². The number of nitrogens with zero attached hydrogens (tertiary/aromatic N) is 1. The van der Waals surface area contributed by atoms with Crippen molar-refractivity contribution in [3.05, 3.63) is 29.8 Å². The van der Waals surface area contributed by atoms with Crippen molar-refractivity contribution in [2.24, 2.45) is 0 Å². The molecule has 0 aromatic heterocycles. The Morgan fingerprint density at radius 2 is 2.17 bits per heavy atom. The van der Waals surface area contributed by atoms with Crippen LogP contribution in [0.25, 0.3) is 0 Å². The summed E-state index contributed by atoms with van der Waals surface area (Å²) in [5.74, 6) is -0.367. The number of ether oxygens (including phenoxy) is 3. The molecule has 1 aliphatic rings. The van der Waals surface area contributed by atoms with Crippen molar-refractivity contribution in [2.75, 3.05) is 34.4 Å². The summed E-state index contributed by atoms with van der Waals surface area (Å²) in [5.41, 5.74) is 1.36. The molecule has 1 aromatic carbocycles. The second kappa shape index (κ2) is 8.81. The van der Waals surface area contributed by atoms with E-state index < -0.39 is 0 Å². The van der Waals surface area contributed by atoms with Crippen molar-refractivity contribution in [1.29, 1.82) is 0 Å². The van der Waals surface area contributed by atoms with Gasteiger partial charge in [-0.25, -0.2) is 0 Å². The molecule has 1 saturated heterocycles. The average Bonchev–Trinajstić information content (AvgIpc) is 2.99. The maximum atomic E-state index is 11.2. The van der Waals surface area contributed by atoms with Crippen LogP contribution in [-0.4, -0.2) is 66.5 Å². The van der Waals surface area contributed by atoms with Crippen LogP contribution in [0.1, 0.15) is 24.9 Å². The predicted molar refractivity (Wildman–Crippen MR) is 90.0 cm³/mol. The van der Waals surface area contributed by atoms with Gasteiger partial charge in [0.25, 0.3) is 0 Å². The van der Waals surface area contributed by atoms with Crippen molar-refractivity contribution in [3.63, 3.8) is 0 Å². The Labute approximate surface area is 144 Å². The topological polar surface area (TPSA) is 48.0 Å². The number of carbonyl (C=O) groups is 1. The number of hydrogen-bond acceptors (Lipinski definition) is 5. The zero-order valence-electron chi connectivity index (χ0n) is 14.2. The van der Waals surface area contributed by atoms with Crippen LogP contribution in [0.4, 0.5) is 0 Å². The van der Waals surface area contributed by atoms with E-state index in [0.717, 1.165) is 6.42 Å². The third-order valence-corrected chi connectivity index (χ3v) is 6.91. The molecular weight excluding hydrogens is 361 g/mol. The molecule has 1 aromatic rings. The molecule has 128 valence electrons. The Bertz CT molecular complexity index is 523. The summed E-state index contributed by atoms with van der Waals surface area (Å²) in [7, 11) is 5.55. The standard InChI is InChI=1S/C17H25NO4Se/c1-12(18(2)3)13-7-5-6-8-14(13)23-15-9-10-21-17(15)22-11-16(19)20-4/h5-8,12,15,17H,9-11H2,1-4H3/t12-,15-,17+/m0/s1. The average molecular weight is 386 g/mol. The number of carbonyl (C=O) groups excluding carboxylic acids is 1. The van der Waals surface area contributed by atoms with Crippen LogP contribution in [0.5, 0.6) is 0 Å². The molecule has 0 radical (unpaired) electrons. The van der Waals surface area contributed by atoms with E-state index in [0.29, 0.717) is 17.5 Å². The van der Waals surface area contributed by atoms with Gasteiger partial charge in [0.1, 0.15) is 0 Å². The fourth-order valence-corrected chi connectivity index (χ4v) is 5.21. The number of methoxy groups -OCH3 is 1. The molecule has 0 aliphatic carbocycles. The van der Waals surface area contributed by atoms with E-state index in [9.17, 15) is 4.79 Å². The third-order valence-electron chi connectivity index (χ3n) is 4.00. The van der Waals surface area contributed by atoms with E-state index >= 15 is 0 Å². The molecule has 0 saturated carbocycles. The number of hydrogen-bond donors (Lipinski definition) is 0. The summed E-state index contributed by atoms with van der Waals surface area (Å²) >= 11 is 0.234. The second-order valence-corrected chi connectivity index (χ2v) is 8.44. The Morgan fingerprint density at radius 1 is 1.43 bits per heavy atom. The Hall–Kier alpha value is -0.911. The summed E-state index contributed by atoms with van der Waals surface area (Å²) in [6.07, 6.45) is 0.660. The van der Waals surface area contributed by atoms with E-state index in [2.05, 4.69) is 54.9 Å². The first-order valence-electron chi connectivity index (χ1n) is 7.75. The zero-order valence-corrected chi connectivity index (χ0v) is 15.9. The Balaban J connectivity index is 2.04. The number of rotatable bonds is 7. The molecule has 1 heterocycles. The summed E-state index contributed by atoms with van der Waals surface area (Å²) in [6, 6.07) is 8.94. The summed E-state index contributed by atoms with van der Waals surface area (Å²) < 4.78 is 17.3. The van der Waals surface area contributed by atoms with E-state index in [-0.39, 0.29) is 33.8 Å². The first kappa shape index (κ1) is 18.4. The minimum atomic E-state index is -0.367. The number of esters is 1. The quantitative estimate of drug-likeness (QED) is 0.523. The van der Waals surface area contributed by atoms with Gasteiger partial charge in [-0.15, -0.1) is 0 Å². The molecule has 0 N–H and O–H groups in total. The van der Waals surface area contributed by atoms with Crippen LogP contribution >= 0.6 is 0 Å². The van der Waals surface area contributed by atoms with Crippen molar-refractivity contribution in [1.82, 2.24) is 4.90 Å². The summed E-state index contributed by atoms with van der Waals surface area (Å²) in [6.45, 7) is 2.85.